The van der Waals surface area contributed by atoms with Crippen LogP contribution in [-0.4, -0.2) is 29.4 Å². The summed E-state index contributed by atoms with van der Waals surface area (Å²) in [6, 6.07) is 3.85. The number of ether oxygens (including phenoxy) is 1. The Morgan fingerprint density at radius 1 is 1.41 bits per heavy atom. The van der Waals surface area contributed by atoms with Crippen LogP contribution in [0.1, 0.15) is 36.7 Å². The molecule has 1 N–H and O–H groups in total. The quantitative estimate of drug-likeness (QED) is 0.400. The van der Waals surface area contributed by atoms with Crippen molar-refractivity contribution in [3.63, 3.8) is 0 Å². The van der Waals surface area contributed by atoms with Gasteiger partial charge in [-0.3, -0.25) is 14.9 Å². The first kappa shape index (κ1) is 17.2. The normalized spacial score (nSPS) is 10.1. The fraction of sp³-hybridized carbons (Fsp3) is 0.333. The third-order valence-electron chi connectivity index (χ3n) is 2.24. The molecule has 0 fully saturated rings. The average molecular weight is 304 g/mol. The molecule has 1 amide bonds. The topological polar surface area (TPSA) is 98.5 Å². The second-order valence-corrected chi connectivity index (χ2v) is 5.35. The van der Waals surface area contributed by atoms with Crippen LogP contribution in [0.4, 0.5) is 10.5 Å². The molecule has 22 heavy (non-hydrogen) atoms. The first-order valence-corrected chi connectivity index (χ1v) is 6.41. The molecule has 0 aliphatic rings. The molecule has 1 aromatic rings. The van der Waals surface area contributed by atoms with E-state index in [0.717, 1.165) is 6.07 Å². The molecular weight excluding hydrogens is 288 g/mol. The van der Waals surface area contributed by atoms with E-state index in [2.05, 4.69) is 17.2 Å². The lowest BCUT2D eigenvalue weighted by atomic mass is 10.1. The molecule has 1 rings (SSSR count). The largest absolute Gasteiger partial charge is 0.444 e. The van der Waals surface area contributed by atoms with Crippen molar-refractivity contribution >= 4 is 18.1 Å². The number of hydrogen-bond acceptors (Lipinski definition) is 5. The number of amides is 1. The van der Waals surface area contributed by atoms with Crippen LogP contribution in [0, 0.1) is 22.0 Å². The number of hydrogen-bond donors (Lipinski definition) is 1. The number of nitro benzene ring substituents is 1. The van der Waals surface area contributed by atoms with Gasteiger partial charge in [0, 0.05) is 23.3 Å². The molecular formula is C15H16N2O5. The molecule has 0 bridgehead atoms. The van der Waals surface area contributed by atoms with Gasteiger partial charge in [-0.15, -0.1) is 0 Å². The van der Waals surface area contributed by atoms with Gasteiger partial charge in [-0.2, -0.15) is 0 Å². The van der Waals surface area contributed by atoms with Crippen LogP contribution in [0.15, 0.2) is 18.2 Å². The van der Waals surface area contributed by atoms with Gasteiger partial charge in [0.15, 0.2) is 0 Å². The molecule has 0 heterocycles. The van der Waals surface area contributed by atoms with E-state index in [0.29, 0.717) is 11.8 Å². The van der Waals surface area contributed by atoms with Gasteiger partial charge in [0.2, 0.25) is 0 Å². The Hall–Kier alpha value is -2.88. The molecule has 0 aromatic heterocycles. The number of benzene rings is 1. The van der Waals surface area contributed by atoms with Gasteiger partial charge in [-0.25, -0.2) is 4.79 Å². The first-order valence-electron chi connectivity index (χ1n) is 6.41. The minimum absolute atomic E-state index is 0.0219. The monoisotopic (exact) mass is 304 g/mol. The van der Waals surface area contributed by atoms with Crippen LogP contribution in [0.25, 0.3) is 0 Å². The molecule has 7 heteroatoms. The number of nitrogens with one attached hydrogen (secondary N) is 1. The van der Waals surface area contributed by atoms with Crippen molar-refractivity contribution in [2.45, 2.75) is 26.4 Å². The van der Waals surface area contributed by atoms with Crippen molar-refractivity contribution < 1.29 is 19.2 Å². The molecule has 0 aliphatic carbocycles. The molecule has 0 atom stereocenters. The van der Waals surface area contributed by atoms with Crippen LogP contribution in [0.5, 0.6) is 0 Å². The Morgan fingerprint density at radius 2 is 2.09 bits per heavy atom. The van der Waals surface area contributed by atoms with Gasteiger partial charge in [-0.05, 0) is 26.8 Å². The van der Waals surface area contributed by atoms with Crippen molar-refractivity contribution in [2.24, 2.45) is 0 Å². The zero-order chi connectivity index (χ0) is 16.8. The molecule has 0 saturated heterocycles. The van der Waals surface area contributed by atoms with Crippen molar-refractivity contribution in [1.82, 2.24) is 5.32 Å². The molecule has 0 saturated carbocycles. The number of alkyl carbamates (subject to hydrolysis) is 1. The summed E-state index contributed by atoms with van der Waals surface area (Å²) >= 11 is 0. The molecule has 0 aliphatic heterocycles. The van der Waals surface area contributed by atoms with E-state index in [1.807, 2.05) is 0 Å². The van der Waals surface area contributed by atoms with Crippen molar-refractivity contribution in [2.75, 3.05) is 6.54 Å². The summed E-state index contributed by atoms with van der Waals surface area (Å²) in [6.45, 7) is 5.24. The zero-order valence-corrected chi connectivity index (χ0v) is 12.5. The van der Waals surface area contributed by atoms with Crippen molar-refractivity contribution in [1.29, 1.82) is 0 Å². The minimum Gasteiger partial charge on any atom is -0.444 e. The fourth-order valence-electron chi connectivity index (χ4n) is 1.46. The first-order chi connectivity index (χ1) is 10.2. The molecule has 7 nitrogen and oxygen atoms in total. The molecule has 0 radical (unpaired) electrons. The summed E-state index contributed by atoms with van der Waals surface area (Å²) in [4.78, 5) is 32.3. The second kappa shape index (κ2) is 7.22. The molecule has 1 aromatic carbocycles. The zero-order valence-electron chi connectivity index (χ0n) is 12.5. The summed E-state index contributed by atoms with van der Waals surface area (Å²) in [6.07, 6.45) is -0.0913. The Bertz CT molecular complexity index is 650. The highest BCUT2D eigenvalue weighted by molar-refractivity contribution is 5.77. The smallest absolute Gasteiger partial charge is 0.408 e. The van der Waals surface area contributed by atoms with Crippen LogP contribution in [0.3, 0.4) is 0 Å². The Balaban J connectivity index is 2.72. The Kier molecular flexibility index (Phi) is 5.64. The maximum absolute atomic E-state index is 11.4. The highest BCUT2D eigenvalue weighted by atomic mass is 16.6. The Labute approximate surface area is 127 Å². The van der Waals surface area contributed by atoms with E-state index < -0.39 is 16.6 Å². The van der Waals surface area contributed by atoms with E-state index in [9.17, 15) is 19.7 Å². The van der Waals surface area contributed by atoms with Gasteiger partial charge in [-0.1, -0.05) is 11.8 Å². The number of aldehydes is 1. The minimum atomic E-state index is -0.602. The fourth-order valence-corrected chi connectivity index (χ4v) is 1.46. The highest BCUT2D eigenvalue weighted by Crippen LogP contribution is 2.15. The van der Waals surface area contributed by atoms with Crippen molar-refractivity contribution in [3.05, 3.63) is 39.4 Å². The number of carbonyl (C=O) groups is 2. The molecule has 0 unspecified atom stereocenters. The van der Waals surface area contributed by atoms with Gasteiger partial charge in [0.1, 0.15) is 11.9 Å². The van der Waals surface area contributed by atoms with Crippen LogP contribution >= 0.6 is 0 Å². The third-order valence-corrected chi connectivity index (χ3v) is 2.24. The van der Waals surface area contributed by atoms with Crippen molar-refractivity contribution in [3.8, 4) is 11.8 Å². The van der Waals surface area contributed by atoms with Gasteiger partial charge < -0.3 is 10.1 Å². The standard InChI is InChI=1S/C15H16N2O5/c1-15(2,3)22-14(19)16-6-4-5-11-7-12(10-18)9-13(8-11)17(20)21/h7-10H,6H2,1-3H3,(H,16,19). The lowest BCUT2D eigenvalue weighted by Gasteiger charge is -2.18. The number of non-ortho nitro benzene ring substituents is 1. The number of carbonyl (C=O) groups excluding carboxylic acids is 2. The van der Waals surface area contributed by atoms with Crippen LogP contribution < -0.4 is 5.32 Å². The highest BCUT2D eigenvalue weighted by Gasteiger charge is 2.15. The maximum Gasteiger partial charge on any atom is 0.408 e. The van der Waals surface area contributed by atoms with Crippen LogP contribution in [0.2, 0.25) is 0 Å². The summed E-state index contributed by atoms with van der Waals surface area (Å²) in [5.74, 6) is 5.28. The summed E-state index contributed by atoms with van der Waals surface area (Å²) < 4.78 is 5.02. The summed E-state index contributed by atoms with van der Waals surface area (Å²) in [5.41, 5.74) is -0.328. The van der Waals surface area contributed by atoms with Gasteiger partial charge in [0.25, 0.3) is 5.69 Å². The van der Waals surface area contributed by atoms with Gasteiger partial charge >= 0.3 is 6.09 Å². The lowest BCUT2D eigenvalue weighted by molar-refractivity contribution is -0.384. The molecule has 116 valence electrons. The van der Waals surface area contributed by atoms with E-state index >= 15 is 0 Å². The predicted molar refractivity (Wildman–Crippen MR) is 79.6 cm³/mol. The third kappa shape index (κ3) is 6.05. The van der Waals surface area contributed by atoms with E-state index in [4.69, 9.17) is 4.74 Å². The van der Waals surface area contributed by atoms with E-state index in [-0.39, 0.29) is 17.8 Å². The summed E-state index contributed by atoms with van der Waals surface area (Å²) in [5, 5.41) is 13.2. The van der Waals surface area contributed by atoms with Gasteiger partial charge in [0.05, 0.1) is 11.5 Å². The lowest BCUT2D eigenvalue weighted by Crippen LogP contribution is -2.32. The SMILES string of the molecule is CC(C)(C)OC(=O)NCC#Cc1cc(C=O)cc([N+](=O)[O-])c1. The Morgan fingerprint density at radius 3 is 2.64 bits per heavy atom. The van der Waals surface area contributed by atoms with Crippen LogP contribution in [-0.2, 0) is 4.74 Å². The number of rotatable bonds is 3. The second-order valence-electron chi connectivity index (χ2n) is 5.35. The predicted octanol–water partition coefficient (Wildman–Crippen LogP) is 2.28. The molecule has 0 spiro atoms. The summed E-state index contributed by atoms with van der Waals surface area (Å²) in [7, 11) is 0. The van der Waals surface area contributed by atoms with E-state index in [1.54, 1.807) is 20.8 Å². The number of nitrogens with zero attached hydrogens (tertiary/aromatic N) is 1. The maximum atomic E-state index is 11.4. The number of nitro groups is 1. The van der Waals surface area contributed by atoms with E-state index in [1.165, 1.54) is 12.1 Å². The average Bonchev–Trinajstić information content (AvgIpc) is 2.41.